The average molecular weight is 536 g/mol. The Kier molecular flexibility index (Phi) is 9.55. The highest BCUT2D eigenvalue weighted by Gasteiger charge is 2.48. The number of hydrogen-bond acceptors (Lipinski definition) is 6. The van der Waals surface area contributed by atoms with Crippen LogP contribution in [-0.4, -0.2) is 74.9 Å². The summed E-state index contributed by atoms with van der Waals surface area (Å²) in [6.45, 7) is 3.63. The van der Waals surface area contributed by atoms with Gasteiger partial charge in [-0.15, -0.1) is 0 Å². The lowest BCUT2D eigenvalue weighted by Crippen LogP contribution is -2.31. The third-order valence-corrected chi connectivity index (χ3v) is 5.36. The molecule has 4 heterocycles. The lowest BCUT2D eigenvalue weighted by molar-refractivity contribution is -0.193. The molecule has 202 valence electrons. The van der Waals surface area contributed by atoms with Crippen molar-refractivity contribution in [2.24, 2.45) is 5.41 Å². The van der Waals surface area contributed by atoms with Crippen LogP contribution in [0.2, 0.25) is 0 Å². The van der Waals surface area contributed by atoms with Crippen molar-refractivity contribution in [3.8, 4) is 0 Å². The summed E-state index contributed by atoms with van der Waals surface area (Å²) >= 11 is 0. The number of aliphatic carboxylic acids is 2. The Hall–Kier alpha value is -3.75. The minimum absolute atomic E-state index is 0.0728. The van der Waals surface area contributed by atoms with Crippen LogP contribution >= 0.6 is 0 Å². The van der Waals surface area contributed by atoms with Crippen molar-refractivity contribution in [1.29, 1.82) is 0 Å². The van der Waals surface area contributed by atoms with E-state index in [1.165, 1.54) is 0 Å². The second kappa shape index (κ2) is 12.0. The van der Waals surface area contributed by atoms with E-state index in [0.29, 0.717) is 6.42 Å². The van der Waals surface area contributed by atoms with Crippen molar-refractivity contribution in [2.75, 3.05) is 24.5 Å². The number of carboxylic acid groups (broad SMARTS) is 2. The molecule has 2 N–H and O–H groups in total. The number of anilines is 1. The van der Waals surface area contributed by atoms with Gasteiger partial charge < -0.3 is 10.2 Å². The SMILES string of the molecule is O=C(O)C(F)(F)F.O=C(O)C(F)(F)F.O=C1CC2(CCN(Cc3ccccn3)C2)CN1c1ccccn1. The number of carbonyl (C=O) groups excluding carboxylic acids is 1. The summed E-state index contributed by atoms with van der Waals surface area (Å²) < 4.78 is 63.5. The molecule has 0 saturated carbocycles. The number of carbonyl (C=O) groups is 3. The Morgan fingerprint density at radius 1 is 0.892 bits per heavy atom. The molecule has 0 aliphatic carbocycles. The molecule has 2 aromatic heterocycles. The Balaban J connectivity index is 0.000000286. The zero-order chi connectivity index (χ0) is 27.9. The molecule has 1 atom stereocenters. The van der Waals surface area contributed by atoms with E-state index in [1.807, 2.05) is 41.4 Å². The zero-order valence-corrected chi connectivity index (χ0v) is 19.0. The lowest BCUT2D eigenvalue weighted by Gasteiger charge is -2.23. The highest BCUT2D eigenvalue weighted by Crippen LogP contribution is 2.41. The molecule has 1 amide bonds. The van der Waals surface area contributed by atoms with Crippen LogP contribution in [-0.2, 0) is 20.9 Å². The Bertz CT molecular complexity index is 1040. The molecule has 1 unspecified atom stereocenters. The van der Waals surface area contributed by atoms with Crippen LogP contribution in [0.5, 0.6) is 0 Å². The van der Waals surface area contributed by atoms with E-state index < -0.39 is 24.3 Å². The quantitative estimate of drug-likeness (QED) is 0.573. The number of pyridine rings is 2. The number of carboxylic acids is 2. The minimum Gasteiger partial charge on any atom is -0.475 e. The van der Waals surface area contributed by atoms with E-state index in [9.17, 15) is 31.1 Å². The molecular weight excluding hydrogens is 514 g/mol. The molecule has 0 bridgehead atoms. The number of nitrogens with zero attached hydrogens (tertiary/aromatic N) is 4. The van der Waals surface area contributed by atoms with Gasteiger partial charge >= 0.3 is 24.3 Å². The first-order valence-corrected chi connectivity index (χ1v) is 10.6. The average Bonchev–Trinajstić information content (AvgIpc) is 3.36. The Labute approximate surface area is 206 Å². The van der Waals surface area contributed by atoms with Crippen LogP contribution in [0.3, 0.4) is 0 Å². The second-order valence-corrected chi connectivity index (χ2v) is 8.23. The molecule has 2 aromatic rings. The third-order valence-electron chi connectivity index (χ3n) is 5.36. The second-order valence-electron chi connectivity index (χ2n) is 8.23. The summed E-state index contributed by atoms with van der Waals surface area (Å²) in [6.07, 6.45) is -4.89. The zero-order valence-electron chi connectivity index (χ0n) is 19.0. The van der Waals surface area contributed by atoms with Crippen molar-refractivity contribution in [3.05, 3.63) is 54.5 Å². The molecule has 1 spiro atoms. The number of alkyl halides is 6. The van der Waals surface area contributed by atoms with Gasteiger partial charge in [0.15, 0.2) is 0 Å². The normalized spacial score (nSPS) is 19.6. The maximum Gasteiger partial charge on any atom is 0.490 e. The molecule has 9 nitrogen and oxygen atoms in total. The van der Waals surface area contributed by atoms with Gasteiger partial charge in [-0.1, -0.05) is 12.1 Å². The van der Waals surface area contributed by atoms with Crippen LogP contribution in [0.1, 0.15) is 18.5 Å². The fraction of sp³-hybridized carbons (Fsp3) is 0.409. The van der Waals surface area contributed by atoms with Crippen molar-refractivity contribution in [2.45, 2.75) is 31.7 Å². The topological polar surface area (TPSA) is 124 Å². The lowest BCUT2D eigenvalue weighted by atomic mass is 9.86. The smallest absolute Gasteiger partial charge is 0.475 e. The summed E-state index contributed by atoms with van der Waals surface area (Å²) in [5, 5.41) is 14.2. The molecule has 0 radical (unpaired) electrons. The predicted octanol–water partition coefficient (Wildman–Crippen LogP) is 3.37. The molecule has 2 aliphatic rings. The summed E-state index contributed by atoms with van der Waals surface area (Å²) in [4.78, 5) is 43.3. The number of likely N-dealkylation sites (tertiary alicyclic amines) is 1. The largest absolute Gasteiger partial charge is 0.490 e. The van der Waals surface area contributed by atoms with Gasteiger partial charge in [-0.25, -0.2) is 14.6 Å². The van der Waals surface area contributed by atoms with Gasteiger partial charge in [0.2, 0.25) is 5.91 Å². The summed E-state index contributed by atoms with van der Waals surface area (Å²) in [7, 11) is 0. The summed E-state index contributed by atoms with van der Waals surface area (Å²) in [5.41, 5.74) is 1.17. The van der Waals surface area contributed by atoms with Crippen LogP contribution in [0, 0.1) is 5.41 Å². The van der Waals surface area contributed by atoms with Crippen molar-refractivity contribution in [1.82, 2.24) is 14.9 Å². The highest BCUT2D eigenvalue weighted by molar-refractivity contribution is 5.95. The third kappa shape index (κ3) is 9.00. The van der Waals surface area contributed by atoms with Gasteiger partial charge in [-0.2, -0.15) is 26.3 Å². The van der Waals surface area contributed by atoms with Gasteiger partial charge in [-0.05, 0) is 37.2 Å². The van der Waals surface area contributed by atoms with Gasteiger partial charge in [0, 0.05) is 43.9 Å². The van der Waals surface area contributed by atoms with Crippen LogP contribution in [0.4, 0.5) is 32.2 Å². The van der Waals surface area contributed by atoms with E-state index in [1.54, 1.807) is 6.20 Å². The molecule has 2 aliphatic heterocycles. The van der Waals surface area contributed by atoms with Crippen LogP contribution in [0.15, 0.2) is 48.8 Å². The number of rotatable bonds is 3. The highest BCUT2D eigenvalue weighted by atomic mass is 19.4. The number of halogens is 6. The maximum absolute atomic E-state index is 12.5. The molecule has 4 rings (SSSR count). The molecular formula is C22H22F6N4O5. The predicted molar refractivity (Wildman–Crippen MR) is 115 cm³/mol. The van der Waals surface area contributed by atoms with Crippen molar-refractivity contribution < 1.29 is 50.9 Å². The standard InChI is InChI=1S/C18H20N4O.2C2HF3O2/c23-17-11-18(14-22(17)16-6-2-4-9-20-16)7-10-21(13-18)12-15-5-1-3-8-19-15;2*3-2(4,5)1(6)7/h1-6,8-9H,7,10-14H2;2*(H,6,7). The summed E-state index contributed by atoms with van der Waals surface area (Å²) in [5.74, 6) is -4.54. The first kappa shape index (κ1) is 29.5. The molecule has 37 heavy (non-hydrogen) atoms. The van der Waals surface area contributed by atoms with E-state index in [2.05, 4.69) is 20.9 Å². The van der Waals surface area contributed by atoms with Gasteiger partial charge in [0.05, 0.1) is 5.69 Å². The molecule has 2 saturated heterocycles. The minimum atomic E-state index is -5.08. The summed E-state index contributed by atoms with van der Waals surface area (Å²) in [6, 6.07) is 11.8. The van der Waals surface area contributed by atoms with Crippen LogP contribution < -0.4 is 4.90 Å². The number of aromatic nitrogens is 2. The van der Waals surface area contributed by atoms with E-state index >= 15 is 0 Å². The van der Waals surface area contributed by atoms with Gasteiger partial charge in [0.25, 0.3) is 0 Å². The Morgan fingerprint density at radius 3 is 1.89 bits per heavy atom. The Morgan fingerprint density at radius 2 is 1.43 bits per heavy atom. The van der Waals surface area contributed by atoms with Crippen molar-refractivity contribution in [3.63, 3.8) is 0 Å². The molecule has 15 heteroatoms. The van der Waals surface area contributed by atoms with Gasteiger partial charge in [0.1, 0.15) is 5.82 Å². The maximum atomic E-state index is 12.5. The molecule has 0 aromatic carbocycles. The van der Waals surface area contributed by atoms with Crippen molar-refractivity contribution >= 4 is 23.7 Å². The van der Waals surface area contributed by atoms with Crippen LogP contribution in [0.25, 0.3) is 0 Å². The molecule has 2 fully saturated rings. The monoisotopic (exact) mass is 536 g/mol. The fourth-order valence-corrected chi connectivity index (χ4v) is 3.77. The first-order valence-electron chi connectivity index (χ1n) is 10.6. The fourth-order valence-electron chi connectivity index (χ4n) is 3.77. The van der Waals surface area contributed by atoms with E-state index in [4.69, 9.17) is 19.8 Å². The van der Waals surface area contributed by atoms with E-state index in [-0.39, 0.29) is 11.3 Å². The first-order chi connectivity index (χ1) is 17.1. The number of amides is 1. The van der Waals surface area contributed by atoms with E-state index in [0.717, 1.165) is 44.1 Å². The number of hydrogen-bond donors (Lipinski definition) is 2. The van der Waals surface area contributed by atoms with Gasteiger partial charge in [-0.3, -0.25) is 19.6 Å².